The number of carbonyl (C=O) groups is 1. The Morgan fingerprint density at radius 2 is 1.65 bits per heavy atom. The summed E-state index contributed by atoms with van der Waals surface area (Å²) in [6.07, 6.45) is 0. The highest BCUT2D eigenvalue weighted by molar-refractivity contribution is 14.0. The van der Waals surface area contributed by atoms with Gasteiger partial charge in [0.2, 0.25) is 0 Å². The monoisotopic (exact) mass is 580 g/mol. The van der Waals surface area contributed by atoms with Gasteiger partial charge in [0.15, 0.2) is 0 Å². The number of benzene rings is 2. The lowest BCUT2D eigenvalue weighted by atomic mass is 10.1. The Morgan fingerprint density at radius 1 is 0.962 bits per heavy atom. The number of halogens is 2. The van der Waals surface area contributed by atoms with Crippen LogP contribution in [0.25, 0.3) is 0 Å². The van der Waals surface area contributed by atoms with E-state index in [0.29, 0.717) is 12.2 Å². The third-order valence-electron chi connectivity index (χ3n) is 4.34. The summed E-state index contributed by atoms with van der Waals surface area (Å²) in [6.45, 7) is 7.22. The lowest BCUT2D eigenvalue weighted by molar-refractivity contribution is 0.0526. The summed E-state index contributed by atoms with van der Waals surface area (Å²) >= 11 is 0. The molecule has 0 bridgehead atoms. The van der Waals surface area contributed by atoms with Gasteiger partial charge in [-0.2, -0.15) is 0 Å². The zero-order chi connectivity index (χ0) is 16.8. The van der Waals surface area contributed by atoms with Crippen LogP contribution in [0.1, 0.15) is 22.8 Å². The Balaban J connectivity index is 0.00000169. The van der Waals surface area contributed by atoms with E-state index in [0.717, 1.165) is 38.4 Å². The van der Waals surface area contributed by atoms with Crippen LogP contribution in [-0.2, 0) is 11.3 Å². The van der Waals surface area contributed by atoms with Gasteiger partial charge in [-0.05, 0) is 30.7 Å². The maximum Gasteiger partial charge on any atom is 0.338 e. The van der Waals surface area contributed by atoms with Crippen molar-refractivity contribution in [1.29, 1.82) is 0 Å². The summed E-state index contributed by atoms with van der Waals surface area (Å²) in [5.74, 6) is -0.248. The number of hydrogen-bond donors (Lipinski definition) is 0. The van der Waals surface area contributed by atoms with Crippen LogP contribution in [0.5, 0.6) is 0 Å². The number of anilines is 1. The molecule has 1 aliphatic heterocycles. The van der Waals surface area contributed by atoms with E-state index in [4.69, 9.17) is 4.74 Å². The summed E-state index contributed by atoms with van der Waals surface area (Å²) in [5, 5.41) is 0. The Kier molecular flexibility index (Phi) is 10.5. The number of carbonyl (C=O) groups excluding carboxylic acids is 1. The predicted molar refractivity (Wildman–Crippen MR) is 127 cm³/mol. The molecule has 1 saturated heterocycles. The normalized spacial score (nSPS) is 14.1. The molecule has 0 radical (unpaired) electrons. The standard InChI is InChI=1S/C20H24N2O2.2HI/c1-2-24-20(23)18-9-6-10-19(15-18)22-13-11-21(12-14-22)16-17-7-4-3-5-8-17;;/h3-10,15H,2,11-14,16H2,1H3;2*1H. The maximum atomic E-state index is 11.9. The lowest BCUT2D eigenvalue weighted by Crippen LogP contribution is -2.46. The molecule has 0 unspecified atom stereocenters. The molecule has 0 N–H and O–H groups in total. The molecular weight excluding hydrogens is 554 g/mol. The molecule has 0 aliphatic carbocycles. The Hall–Kier alpha value is -0.870. The smallest absolute Gasteiger partial charge is 0.338 e. The summed E-state index contributed by atoms with van der Waals surface area (Å²) in [5.41, 5.74) is 3.08. The Labute approximate surface area is 189 Å². The van der Waals surface area contributed by atoms with Crippen molar-refractivity contribution in [3.63, 3.8) is 0 Å². The van der Waals surface area contributed by atoms with Crippen LogP contribution in [0.15, 0.2) is 54.6 Å². The number of ether oxygens (including phenoxy) is 1. The molecule has 1 fully saturated rings. The van der Waals surface area contributed by atoms with Gasteiger partial charge in [0.25, 0.3) is 0 Å². The summed E-state index contributed by atoms with van der Waals surface area (Å²) in [7, 11) is 0. The van der Waals surface area contributed by atoms with Gasteiger partial charge in [-0.15, -0.1) is 48.0 Å². The minimum absolute atomic E-state index is 0. The molecule has 26 heavy (non-hydrogen) atoms. The zero-order valence-corrected chi connectivity index (χ0v) is 19.6. The SMILES string of the molecule is CCOC(=O)c1cccc(N2CCN(Cc3ccccc3)CC2)c1.I.I. The summed E-state index contributed by atoms with van der Waals surface area (Å²) < 4.78 is 5.09. The zero-order valence-electron chi connectivity index (χ0n) is 15.0. The second kappa shape index (κ2) is 11.8. The Morgan fingerprint density at radius 3 is 2.31 bits per heavy atom. The first-order valence-corrected chi connectivity index (χ1v) is 8.54. The largest absolute Gasteiger partial charge is 0.462 e. The van der Waals surface area contributed by atoms with Crippen molar-refractivity contribution in [2.45, 2.75) is 13.5 Å². The highest BCUT2D eigenvalue weighted by Crippen LogP contribution is 2.19. The van der Waals surface area contributed by atoms with Crippen LogP contribution in [0, 0.1) is 0 Å². The molecule has 2 aromatic carbocycles. The molecule has 6 heteroatoms. The first-order valence-electron chi connectivity index (χ1n) is 8.54. The van der Waals surface area contributed by atoms with Gasteiger partial charge in [-0.3, -0.25) is 4.90 Å². The van der Waals surface area contributed by atoms with Gasteiger partial charge in [-0.1, -0.05) is 36.4 Å². The number of esters is 1. The van der Waals surface area contributed by atoms with Crippen LogP contribution in [0.2, 0.25) is 0 Å². The van der Waals surface area contributed by atoms with Crippen molar-refractivity contribution in [3.05, 3.63) is 65.7 Å². The molecule has 4 nitrogen and oxygen atoms in total. The van der Waals surface area contributed by atoms with E-state index >= 15 is 0 Å². The van der Waals surface area contributed by atoms with E-state index in [-0.39, 0.29) is 53.9 Å². The molecular formula is C20H26I2N2O2. The third-order valence-corrected chi connectivity index (χ3v) is 4.34. The molecule has 0 saturated carbocycles. The van der Waals surface area contributed by atoms with E-state index in [9.17, 15) is 4.79 Å². The predicted octanol–water partition coefficient (Wildman–Crippen LogP) is 4.42. The minimum atomic E-state index is -0.248. The van der Waals surface area contributed by atoms with Crippen molar-refractivity contribution in [3.8, 4) is 0 Å². The topological polar surface area (TPSA) is 32.8 Å². The van der Waals surface area contributed by atoms with E-state index in [1.54, 1.807) is 0 Å². The summed E-state index contributed by atoms with van der Waals surface area (Å²) in [4.78, 5) is 16.7. The fourth-order valence-corrected chi connectivity index (χ4v) is 3.05. The average molecular weight is 580 g/mol. The van der Waals surface area contributed by atoms with E-state index < -0.39 is 0 Å². The number of nitrogens with zero attached hydrogens (tertiary/aromatic N) is 2. The first-order chi connectivity index (χ1) is 11.8. The van der Waals surface area contributed by atoms with Gasteiger partial charge in [0.1, 0.15) is 0 Å². The molecule has 1 aliphatic rings. The highest BCUT2D eigenvalue weighted by atomic mass is 127. The molecule has 2 aromatic rings. The van der Waals surface area contributed by atoms with Crippen molar-refractivity contribution in [2.75, 3.05) is 37.7 Å². The molecule has 3 rings (SSSR count). The average Bonchev–Trinajstić information content (AvgIpc) is 2.63. The quantitative estimate of drug-likeness (QED) is 0.388. The van der Waals surface area contributed by atoms with Crippen LogP contribution >= 0.6 is 48.0 Å². The lowest BCUT2D eigenvalue weighted by Gasteiger charge is -2.36. The van der Waals surface area contributed by atoms with Gasteiger partial charge in [0.05, 0.1) is 12.2 Å². The second-order valence-electron chi connectivity index (χ2n) is 6.02. The minimum Gasteiger partial charge on any atom is -0.462 e. The van der Waals surface area contributed by atoms with Crippen LogP contribution in [0.3, 0.4) is 0 Å². The fourth-order valence-electron chi connectivity index (χ4n) is 3.05. The molecule has 142 valence electrons. The van der Waals surface area contributed by atoms with E-state index in [1.807, 2.05) is 25.1 Å². The molecule has 0 spiro atoms. The molecule has 0 atom stereocenters. The number of piperazine rings is 1. The van der Waals surface area contributed by atoms with Crippen molar-refractivity contribution < 1.29 is 9.53 Å². The third kappa shape index (κ3) is 6.38. The number of hydrogen-bond acceptors (Lipinski definition) is 4. The molecule has 0 amide bonds. The second-order valence-corrected chi connectivity index (χ2v) is 6.02. The van der Waals surface area contributed by atoms with Gasteiger partial charge < -0.3 is 9.64 Å². The van der Waals surface area contributed by atoms with Crippen molar-refractivity contribution in [2.24, 2.45) is 0 Å². The fraction of sp³-hybridized carbons (Fsp3) is 0.350. The molecule has 0 aromatic heterocycles. The van der Waals surface area contributed by atoms with E-state index in [2.05, 4.69) is 46.2 Å². The van der Waals surface area contributed by atoms with Crippen LogP contribution < -0.4 is 4.90 Å². The van der Waals surface area contributed by atoms with Crippen molar-refractivity contribution in [1.82, 2.24) is 4.90 Å². The first kappa shape index (κ1) is 23.2. The Bertz CT molecular complexity index is 675. The van der Waals surface area contributed by atoms with E-state index in [1.165, 1.54) is 5.56 Å². The van der Waals surface area contributed by atoms with Crippen LogP contribution in [-0.4, -0.2) is 43.7 Å². The maximum absolute atomic E-state index is 11.9. The van der Waals surface area contributed by atoms with Gasteiger partial charge in [0, 0.05) is 38.4 Å². The molecule has 1 heterocycles. The van der Waals surface area contributed by atoms with Crippen LogP contribution in [0.4, 0.5) is 5.69 Å². The summed E-state index contributed by atoms with van der Waals surface area (Å²) in [6, 6.07) is 18.3. The van der Waals surface area contributed by atoms with Gasteiger partial charge >= 0.3 is 5.97 Å². The number of rotatable bonds is 5. The highest BCUT2D eigenvalue weighted by Gasteiger charge is 2.18. The van der Waals surface area contributed by atoms with Crippen molar-refractivity contribution >= 4 is 59.6 Å². The van der Waals surface area contributed by atoms with Gasteiger partial charge in [-0.25, -0.2) is 4.79 Å².